The molecule has 5 nitrogen and oxygen atoms in total. The summed E-state index contributed by atoms with van der Waals surface area (Å²) in [5, 5.41) is 1.07. The number of benzene rings is 3. The zero-order valence-corrected chi connectivity index (χ0v) is 18.5. The highest BCUT2D eigenvalue weighted by Crippen LogP contribution is 2.24. The highest BCUT2D eigenvalue weighted by molar-refractivity contribution is 7.89. The Kier molecular flexibility index (Phi) is 6.11. The number of aromatic amines is 1. The number of hydrogen-bond acceptors (Lipinski definition) is 3. The number of aromatic nitrogens is 1. The highest BCUT2D eigenvalue weighted by atomic mass is 32.2. The molecule has 31 heavy (non-hydrogen) atoms. The van der Waals surface area contributed by atoms with Crippen LogP contribution in [0, 0.1) is 13.8 Å². The minimum Gasteiger partial charge on any atom is -0.489 e. The van der Waals surface area contributed by atoms with Crippen molar-refractivity contribution in [1.82, 2.24) is 9.71 Å². The Morgan fingerprint density at radius 2 is 1.77 bits per heavy atom. The Morgan fingerprint density at radius 1 is 0.968 bits per heavy atom. The van der Waals surface area contributed by atoms with Gasteiger partial charge in [-0.3, -0.25) is 0 Å². The number of hydrogen-bond donors (Lipinski definition) is 2. The standard InChI is InChI=1S/C25H26N2O3S/c1-18-8-9-19(2)25(14-18)31(28,29)27-13-12-21-16-26-24-15-22(10-11-23(21)24)30-17-20-6-4-3-5-7-20/h3-11,14-16,26-27H,12-13,17H2,1-2H3. The van der Waals surface area contributed by atoms with Gasteiger partial charge in [0.15, 0.2) is 0 Å². The molecule has 0 bridgehead atoms. The van der Waals surface area contributed by atoms with Crippen molar-refractivity contribution in [3.8, 4) is 5.75 Å². The van der Waals surface area contributed by atoms with Gasteiger partial charge in [-0.25, -0.2) is 13.1 Å². The van der Waals surface area contributed by atoms with E-state index in [4.69, 9.17) is 4.74 Å². The van der Waals surface area contributed by atoms with Crippen molar-refractivity contribution < 1.29 is 13.2 Å². The maximum absolute atomic E-state index is 12.7. The molecule has 4 aromatic rings. The van der Waals surface area contributed by atoms with E-state index in [1.807, 2.05) is 80.7 Å². The van der Waals surface area contributed by atoms with Crippen LogP contribution in [-0.2, 0) is 23.1 Å². The number of sulfonamides is 1. The molecule has 0 saturated heterocycles. The molecule has 6 heteroatoms. The lowest BCUT2D eigenvalue weighted by molar-refractivity contribution is 0.306. The first kappa shape index (κ1) is 21.2. The van der Waals surface area contributed by atoms with Crippen molar-refractivity contribution in [2.24, 2.45) is 0 Å². The summed E-state index contributed by atoms with van der Waals surface area (Å²) in [6.07, 6.45) is 2.52. The van der Waals surface area contributed by atoms with Gasteiger partial charge in [-0.2, -0.15) is 0 Å². The Labute approximate surface area is 183 Å². The number of fused-ring (bicyclic) bond motifs is 1. The molecular formula is C25H26N2O3S. The summed E-state index contributed by atoms with van der Waals surface area (Å²) in [4.78, 5) is 3.60. The summed E-state index contributed by atoms with van der Waals surface area (Å²) < 4.78 is 34.0. The molecule has 1 heterocycles. The molecule has 0 unspecified atom stereocenters. The molecule has 3 aromatic carbocycles. The molecule has 0 atom stereocenters. The predicted octanol–water partition coefficient (Wildman–Crippen LogP) is 4.88. The van der Waals surface area contributed by atoms with Crippen LogP contribution in [0.5, 0.6) is 5.75 Å². The first-order valence-corrected chi connectivity index (χ1v) is 11.7. The van der Waals surface area contributed by atoms with Crippen molar-refractivity contribution in [1.29, 1.82) is 0 Å². The van der Waals surface area contributed by atoms with Gasteiger partial charge in [0, 0.05) is 29.7 Å². The van der Waals surface area contributed by atoms with E-state index in [9.17, 15) is 8.42 Å². The van der Waals surface area contributed by atoms with E-state index in [0.717, 1.165) is 38.9 Å². The topological polar surface area (TPSA) is 71.2 Å². The molecule has 0 aliphatic carbocycles. The van der Waals surface area contributed by atoms with Crippen LogP contribution in [0.2, 0.25) is 0 Å². The lowest BCUT2D eigenvalue weighted by Gasteiger charge is -2.10. The van der Waals surface area contributed by atoms with Gasteiger partial charge in [-0.15, -0.1) is 0 Å². The van der Waals surface area contributed by atoms with Crippen LogP contribution in [0.25, 0.3) is 10.9 Å². The third kappa shape index (κ3) is 4.98. The Hall–Kier alpha value is -3.09. The SMILES string of the molecule is Cc1ccc(C)c(S(=O)(=O)NCCc2c[nH]c3cc(OCc4ccccc4)ccc23)c1. The van der Waals surface area contributed by atoms with E-state index < -0.39 is 10.0 Å². The van der Waals surface area contributed by atoms with E-state index in [-0.39, 0.29) is 0 Å². The molecule has 4 rings (SSSR count). The Morgan fingerprint density at radius 3 is 2.58 bits per heavy atom. The number of ether oxygens (including phenoxy) is 1. The second-order valence-corrected chi connectivity index (χ2v) is 9.45. The first-order chi connectivity index (χ1) is 14.9. The highest BCUT2D eigenvalue weighted by Gasteiger charge is 2.16. The summed E-state index contributed by atoms with van der Waals surface area (Å²) in [5.74, 6) is 0.792. The number of nitrogens with one attached hydrogen (secondary N) is 2. The third-order valence-corrected chi connectivity index (χ3v) is 6.91. The molecule has 0 fully saturated rings. The third-order valence-electron chi connectivity index (χ3n) is 5.31. The fourth-order valence-corrected chi connectivity index (χ4v) is 4.96. The smallest absolute Gasteiger partial charge is 0.240 e. The van der Waals surface area contributed by atoms with Gasteiger partial charge in [0.25, 0.3) is 0 Å². The lowest BCUT2D eigenvalue weighted by Crippen LogP contribution is -2.26. The van der Waals surface area contributed by atoms with Crippen LogP contribution in [0.1, 0.15) is 22.3 Å². The van der Waals surface area contributed by atoms with Crippen molar-refractivity contribution >= 4 is 20.9 Å². The molecule has 0 spiro atoms. The molecule has 2 N–H and O–H groups in total. The van der Waals surface area contributed by atoms with E-state index in [1.165, 1.54) is 0 Å². The van der Waals surface area contributed by atoms with Gasteiger partial charge in [-0.05, 0) is 60.7 Å². The van der Waals surface area contributed by atoms with Gasteiger partial charge in [0.1, 0.15) is 12.4 Å². The van der Waals surface area contributed by atoms with Crippen molar-refractivity contribution in [3.63, 3.8) is 0 Å². The zero-order chi connectivity index (χ0) is 21.8. The average Bonchev–Trinajstić information content (AvgIpc) is 3.17. The summed E-state index contributed by atoms with van der Waals surface area (Å²) in [6.45, 7) is 4.54. The summed E-state index contributed by atoms with van der Waals surface area (Å²) in [6, 6.07) is 21.4. The number of H-pyrrole nitrogens is 1. The van der Waals surface area contributed by atoms with Crippen LogP contribution in [-0.4, -0.2) is 19.9 Å². The minimum atomic E-state index is -3.54. The maximum atomic E-state index is 12.7. The van der Waals surface area contributed by atoms with Crippen LogP contribution in [0.4, 0.5) is 0 Å². The monoisotopic (exact) mass is 434 g/mol. The summed E-state index contributed by atoms with van der Waals surface area (Å²) >= 11 is 0. The van der Waals surface area contributed by atoms with Gasteiger partial charge in [0.05, 0.1) is 4.90 Å². The summed E-state index contributed by atoms with van der Waals surface area (Å²) in [5.41, 5.74) is 4.82. The molecular weight excluding hydrogens is 408 g/mol. The molecule has 0 amide bonds. The van der Waals surface area contributed by atoms with E-state index in [0.29, 0.717) is 24.5 Å². The zero-order valence-electron chi connectivity index (χ0n) is 17.7. The van der Waals surface area contributed by atoms with Crippen molar-refractivity contribution in [2.45, 2.75) is 31.8 Å². The summed E-state index contributed by atoms with van der Waals surface area (Å²) in [7, 11) is -3.54. The van der Waals surface area contributed by atoms with Gasteiger partial charge < -0.3 is 9.72 Å². The molecule has 0 aliphatic rings. The van der Waals surface area contributed by atoms with E-state index in [2.05, 4.69) is 9.71 Å². The predicted molar refractivity (Wildman–Crippen MR) is 124 cm³/mol. The van der Waals surface area contributed by atoms with E-state index >= 15 is 0 Å². The van der Waals surface area contributed by atoms with Crippen LogP contribution in [0.3, 0.4) is 0 Å². The van der Waals surface area contributed by atoms with Crippen LogP contribution in [0.15, 0.2) is 77.8 Å². The molecule has 0 radical (unpaired) electrons. The average molecular weight is 435 g/mol. The fraction of sp³-hybridized carbons (Fsp3) is 0.200. The first-order valence-electron chi connectivity index (χ1n) is 10.3. The van der Waals surface area contributed by atoms with Gasteiger partial charge in [0.2, 0.25) is 10.0 Å². The number of aryl methyl sites for hydroxylation is 2. The van der Waals surface area contributed by atoms with Crippen molar-refractivity contribution in [2.75, 3.05) is 6.54 Å². The quantitative estimate of drug-likeness (QED) is 0.415. The largest absolute Gasteiger partial charge is 0.489 e. The Balaban J connectivity index is 1.40. The lowest BCUT2D eigenvalue weighted by atomic mass is 10.1. The second kappa shape index (κ2) is 8.96. The molecule has 1 aromatic heterocycles. The van der Waals surface area contributed by atoms with Gasteiger partial charge >= 0.3 is 0 Å². The molecule has 160 valence electrons. The van der Waals surface area contributed by atoms with Crippen LogP contribution >= 0.6 is 0 Å². The van der Waals surface area contributed by atoms with Crippen LogP contribution < -0.4 is 9.46 Å². The molecule has 0 aliphatic heterocycles. The van der Waals surface area contributed by atoms with Gasteiger partial charge in [-0.1, -0.05) is 42.5 Å². The fourth-order valence-electron chi connectivity index (χ4n) is 3.60. The minimum absolute atomic E-state index is 0.328. The maximum Gasteiger partial charge on any atom is 0.240 e. The van der Waals surface area contributed by atoms with E-state index in [1.54, 1.807) is 6.07 Å². The number of rotatable bonds is 8. The second-order valence-electron chi connectivity index (χ2n) is 7.71. The molecule has 0 saturated carbocycles. The van der Waals surface area contributed by atoms with Crippen molar-refractivity contribution in [3.05, 3.63) is 95.2 Å². The normalized spacial score (nSPS) is 11.7. The Bertz CT molecular complexity index is 1300.